The van der Waals surface area contributed by atoms with Crippen molar-refractivity contribution in [2.75, 3.05) is 13.1 Å². The summed E-state index contributed by atoms with van der Waals surface area (Å²) in [6.45, 7) is 3.90. The molecule has 0 aliphatic carbocycles. The van der Waals surface area contributed by atoms with Crippen molar-refractivity contribution in [1.29, 1.82) is 0 Å². The number of fused-ring (bicyclic) bond motifs is 2. The number of nitrogens with one attached hydrogen (secondary N) is 2. The minimum Gasteiger partial charge on any atom is -0.386 e. The molecular weight excluding hydrogens is 391 g/mol. The molecule has 0 amide bonds. The molecule has 4 rings (SSSR count). The molecule has 0 aromatic heterocycles. The number of hydrogen-bond acceptors (Lipinski definition) is 3. The number of rotatable bonds is 7. The van der Waals surface area contributed by atoms with Crippen LogP contribution < -0.4 is 10.6 Å². The van der Waals surface area contributed by atoms with E-state index in [1.165, 1.54) is 24.5 Å². The summed E-state index contributed by atoms with van der Waals surface area (Å²) in [7, 11) is 0. The quantitative estimate of drug-likeness (QED) is 0.469. The van der Waals surface area contributed by atoms with E-state index in [4.69, 9.17) is 0 Å². The second kappa shape index (κ2) is 10.2. The van der Waals surface area contributed by atoms with Crippen molar-refractivity contribution in [2.24, 2.45) is 4.99 Å². The van der Waals surface area contributed by atoms with Crippen LogP contribution in [-0.2, 0) is 6.54 Å². The molecule has 0 saturated carbocycles. The van der Waals surface area contributed by atoms with Gasteiger partial charge in [-0.15, -0.1) is 0 Å². The van der Waals surface area contributed by atoms with Crippen molar-refractivity contribution < 1.29 is 9.50 Å². The van der Waals surface area contributed by atoms with E-state index in [1.54, 1.807) is 18.2 Å². The number of piperidine rings is 1. The molecule has 2 fully saturated rings. The Hall–Kier alpha value is -2.44. The molecule has 2 aromatic rings. The van der Waals surface area contributed by atoms with E-state index < -0.39 is 11.9 Å². The maximum atomic E-state index is 13.9. The van der Waals surface area contributed by atoms with E-state index >= 15 is 0 Å². The first-order valence-corrected chi connectivity index (χ1v) is 11.4. The highest BCUT2D eigenvalue weighted by molar-refractivity contribution is 5.80. The molecule has 2 heterocycles. The Balaban J connectivity index is 1.36. The van der Waals surface area contributed by atoms with Crippen LogP contribution in [0.4, 0.5) is 4.39 Å². The van der Waals surface area contributed by atoms with Crippen LogP contribution in [-0.4, -0.2) is 47.2 Å². The number of benzene rings is 2. The zero-order valence-corrected chi connectivity index (χ0v) is 18.2. The number of hydrogen-bond donors (Lipinski definition) is 3. The van der Waals surface area contributed by atoms with Crippen molar-refractivity contribution in [3.63, 3.8) is 0 Å². The molecular formula is C25H33FN4O. The highest BCUT2D eigenvalue weighted by Gasteiger charge is 2.40. The van der Waals surface area contributed by atoms with E-state index in [2.05, 4.69) is 50.9 Å². The zero-order valence-electron chi connectivity index (χ0n) is 18.2. The van der Waals surface area contributed by atoms with Gasteiger partial charge in [0.25, 0.3) is 0 Å². The average molecular weight is 425 g/mol. The van der Waals surface area contributed by atoms with Crippen LogP contribution in [0.2, 0.25) is 0 Å². The number of halogens is 1. The molecule has 0 radical (unpaired) electrons. The lowest BCUT2D eigenvalue weighted by Crippen LogP contribution is -2.52. The second-order valence-electron chi connectivity index (χ2n) is 8.61. The van der Waals surface area contributed by atoms with Crippen molar-refractivity contribution in [1.82, 2.24) is 15.5 Å². The molecule has 166 valence electrons. The first-order valence-electron chi connectivity index (χ1n) is 11.4. The van der Waals surface area contributed by atoms with Crippen molar-refractivity contribution in [3.05, 3.63) is 71.5 Å². The fourth-order valence-corrected chi connectivity index (χ4v) is 4.98. The highest BCUT2D eigenvalue weighted by Crippen LogP contribution is 2.36. The van der Waals surface area contributed by atoms with E-state index in [9.17, 15) is 9.50 Å². The van der Waals surface area contributed by atoms with Crippen molar-refractivity contribution in [2.45, 2.75) is 63.4 Å². The Bertz CT molecular complexity index is 861. The van der Waals surface area contributed by atoms with Gasteiger partial charge in [0.15, 0.2) is 5.96 Å². The van der Waals surface area contributed by atoms with Gasteiger partial charge in [0, 0.05) is 36.8 Å². The molecule has 31 heavy (non-hydrogen) atoms. The second-order valence-corrected chi connectivity index (χ2v) is 8.61. The number of aliphatic hydroxyl groups excluding tert-OH is 1. The van der Waals surface area contributed by atoms with Crippen LogP contribution >= 0.6 is 0 Å². The normalized spacial score (nSPS) is 24.7. The van der Waals surface area contributed by atoms with Gasteiger partial charge in [0.2, 0.25) is 0 Å². The molecule has 6 heteroatoms. The summed E-state index contributed by atoms with van der Waals surface area (Å²) in [5.41, 5.74) is 1.66. The standard InChI is InChI=1S/C25H33FN4O/c1-2-27-25(28-16-24(31)22-10-6-7-11-23(22)26)29-19-14-20-12-13-21(15-19)30(20)17-18-8-4-3-5-9-18/h3-11,19-21,24,31H,2,12-17H2,1H3,(H2,27,28,29). The van der Waals surface area contributed by atoms with Crippen LogP contribution in [0, 0.1) is 5.82 Å². The van der Waals surface area contributed by atoms with E-state index in [0.29, 0.717) is 24.1 Å². The summed E-state index contributed by atoms with van der Waals surface area (Å²) in [5.74, 6) is 0.296. The topological polar surface area (TPSA) is 59.9 Å². The third kappa shape index (κ3) is 5.43. The first kappa shape index (κ1) is 21.8. The van der Waals surface area contributed by atoms with Gasteiger partial charge < -0.3 is 15.7 Å². The minimum absolute atomic E-state index is 0.121. The van der Waals surface area contributed by atoms with Gasteiger partial charge in [0.1, 0.15) is 11.9 Å². The molecule has 2 saturated heterocycles. The molecule has 3 N–H and O–H groups in total. The fourth-order valence-electron chi connectivity index (χ4n) is 4.98. The average Bonchev–Trinajstić information content (AvgIpc) is 3.01. The third-order valence-corrected chi connectivity index (χ3v) is 6.46. The van der Waals surface area contributed by atoms with Crippen molar-refractivity contribution >= 4 is 5.96 Å². The number of nitrogens with zero attached hydrogens (tertiary/aromatic N) is 2. The third-order valence-electron chi connectivity index (χ3n) is 6.46. The summed E-state index contributed by atoms with van der Waals surface area (Å²) in [6.07, 6.45) is 3.71. The van der Waals surface area contributed by atoms with Gasteiger partial charge in [-0.2, -0.15) is 0 Å². The number of aliphatic imine (C=N–C) groups is 1. The molecule has 2 aromatic carbocycles. The summed E-state index contributed by atoms with van der Waals surface area (Å²) in [5, 5.41) is 17.2. The Morgan fingerprint density at radius 3 is 2.45 bits per heavy atom. The molecule has 3 unspecified atom stereocenters. The van der Waals surface area contributed by atoms with Crippen LogP contribution in [0.15, 0.2) is 59.6 Å². The fraction of sp³-hybridized carbons (Fsp3) is 0.480. The van der Waals surface area contributed by atoms with E-state index in [0.717, 1.165) is 25.9 Å². The summed E-state index contributed by atoms with van der Waals surface area (Å²) < 4.78 is 13.9. The smallest absolute Gasteiger partial charge is 0.191 e. The van der Waals surface area contributed by atoms with Crippen LogP contribution in [0.1, 0.15) is 49.8 Å². The number of aliphatic hydroxyl groups is 1. The lowest BCUT2D eigenvalue weighted by molar-refractivity contribution is 0.114. The summed E-state index contributed by atoms with van der Waals surface area (Å²) in [4.78, 5) is 7.21. The van der Waals surface area contributed by atoms with Crippen LogP contribution in [0.25, 0.3) is 0 Å². The molecule has 5 nitrogen and oxygen atoms in total. The molecule has 2 aliphatic rings. The van der Waals surface area contributed by atoms with Gasteiger partial charge in [-0.05, 0) is 44.2 Å². The monoisotopic (exact) mass is 424 g/mol. The molecule has 2 bridgehead atoms. The molecule has 3 atom stereocenters. The maximum absolute atomic E-state index is 13.9. The Morgan fingerprint density at radius 1 is 1.10 bits per heavy atom. The van der Waals surface area contributed by atoms with Crippen LogP contribution in [0.3, 0.4) is 0 Å². The summed E-state index contributed by atoms with van der Waals surface area (Å²) >= 11 is 0. The Kier molecular flexibility index (Phi) is 7.20. The molecule has 0 spiro atoms. The predicted octanol–water partition coefficient (Wildman–Crippen LogP) is 3.61. The maximum Gasteiger partial charge on any atom is 0.191 e. The largest absolute Gasteiger partial charge is 0.386 e. The number of guanidine groups is 1. The first-order chi connectivity index (χ1) is 15.1. The van der Waals surface area contributed by atoms with E-state index in [1.807, 2.05) is 6.92 Å². The molecule has 2 aliphatic heterocycles. The summed E-state index contributed by atoms with van der Waals surface area (Å²) in [6, 6.07) is 18.6. The lowest BCUT2D eigenvalue weighted by Gasteiger charge is -2.39. The predicted molar refractivity (Wildman–Crippen MR) is 122 cm³/mol. The Morgan fingerprint density at radius 2 is 1.77 bits per heavy atom. The van der Waals surface area contributed by atoms with Gasteiger partial charge in [0.05, 0.1) is 6.54 Å². The minimum atomic E-state index is -0.958. The van der Waals surface area contributed by atoms with Gasteiger partial charge in [-0.25, -0.2) is 4.39 Å². The van der Waals surface area contributed by atoms with Gasteiger partial charge in [-0.3, -0.25) is 9.89 Å². The van der Waals surface area contributed by atoms with Gasteiger partial charge >= 0.3 is 0 Å². The SMILES string of the molecule is CCNC(=NCC(O)c1ccccc1F)NC1CC2CCC(C1)N2Cc1ccccc1. The van der Waals surface area contributed by atoms with Crippen molar-refractivity contribution in [3.8, 4) is 0 Å². The van der Waals surface area contributed by atoms with Gasteiger partial charge in [-0.1, -0.05) is 48.5 Å². The lowest BCUT2D eigenvalue weighted by atomic mass is 9.96. The van der Waals surface area contributed by atoms with E-state index in [-0.39, 0.29) is 12.1 Å². The highest BCUT2D eigenvalue weighted by atomic mass is 19.1. The Labute approximate surface area is 184 Å². The van der Waals surface area contributed by atoms with Crippen LogP contribution in [0.5, 0.6) is 0 Å². The zero-order chi connectivity index (χ0) is 21.6.